The van der Waals surface area contributed by atoms with Crippen LogP contribution >= 0.6 is 11.3 Å². The van der Waals surface area contributed by atoms with E-state index in [1.54, 1.807) is 0 Å². The standard InChI is InChI=1S/C17H22N2OS/c1-13-14(10-17(21-13)11-19-16-5-6-16)12-20-9-7-15-4-2-3-8-18-15/h2-4,8,10,16,19H,5-7,9,11-12H2,1H3. The maximum Gasteiger partial charge on any atom is 0.0727 e. The van der Waals surface area contributed by atoms with Crippen LogP contribution in [0.25, 0.3) is 0 Å². The lowest BCUT2D eigenvalue weighted by atomic mass is 10.2. The average molecular weight is 302 g/mol. The molecular formula is C17H22N2OS. The van der Waals surface area contributed by atoms with Crippen LogP contribution in [0.2, 0.25) is 0 Å². The monoisotopic (exact) mass is 302 g/mol. The van der Waals surface area contributed by atoms with E-state index in [0.29, 0.717) is 6.61 Å². The Kier molecular flexibility index (Phi) is 5.01. The van der Waals surface area contributed by atoms with Crippen LogP contribution in [0.4, 0.5) is 0 Å². The molecular weight excluding hydrogens is 280 g/mol. The number of ether oxygens (including phenoxy) is 1. The Morgan fingerprint density at radius 2 is 2.29 bits per heavy atom. The minimum absolute atomic E-state index is 0.707. The van der Waals surface area contributed by atoms with E-state index in [9.17, 15) is 0 Å². The number of nitrogens with one attached hydrogen (secondary N) is 1. The van der Waals surface area contributed by atoms with Gasteiger partial charge in [0, 0.05) is 40.7 Å². The summed E-state index contributed by atoms with van der Waals surface area (Å²) in [6.45, 7) is 4.62. The van der Waals surface area contributed by atoms with E-state index in [2.05, 4.69) is 23.3 Å². The van der Waals surface area contributed by atoms with E-state index >= 15 is 0 Å². The summed E-state index contributed by atoms with van der Waals surface area (Å²) in [5.74, 6) is 0. The van der Waals surface area contributed by atoms with Gasteiger partial charge in [-0.3, -0.25) is 4.98 Å². The Labute approximate surface area is 130 Å². The van der Waals surface area contributed by atoms with Gasteiger partial charge in [0.25, 0.3) is 0 Å². The van der Waals surface area contributed by atoms with Crippen molar-refractivity contribution in [1.29, 1.82) is 0 Å². The minimum atomic E-state index is 0.707. The third-order valence-corrected chi connectivity index (χ3v) is 4.79. The van der Waals surface area contributed by atoms with E-state index in [1.165, 1.54) is 28.2 Å². The van der Waals surface area contributed by atoms with Crippen molar-refractivity contribution < 1.29 is 4.74 Å². The highest BCUT2D eigenvalue weighted by molar-refractivity contribution is 7.12. The van der Waals surface area contributed by atoms with Gasteiger partial charge in [0.15, 0.2) is 0 Å². The van der Waals surface area contributed by atoms with Crippen molar-refractivity contribution in [3.05, 3.63) is 51.5 Å². The third kappa shape index (κ3) is 4.63. The molecule has 2 aromatic heterocycles. The zero-order valence-corrected chi connectivity index (χ0v) is 13.3. The molecule has 0 aromatic carbocycles. The summed E-state index contributed by atoms with van der Waals surface area (Å²) in [6.07, 6.45) is 5.39. The molecule has 3 nitrogen and oxygen atoms in total. The molecule has 112 valence electrons. The highest BCUT2D eigenvalue weighted by Gasteiger charge is 2.20. The zero-order chi connectivity index (χ0) is 14.5. The van der Waals surface area contributed by atoms with Gasteiger partial charge in [-0.2, -0.15) is 0 Å². The number of aromatic nitrogens is 1. The second-order valence-electron chi connectivity index (χ2n) is 5.57. The highest BCUT2D eigenvalue weighted by atomic mass is 32.1. The molecule has 0 radical (unpaired) electrons. The predicted molar refractivity (Wildman–Crippen MR) is 86.5 cm³/mol. The molecule has 0 bridgehead atoms. The topological polar surface area (TPSA) is 34.1 Å². The quantitative estimate of drug-likeness (QED) is 0.758. The van der Waals surface area contributed by atoms with Crippen LogP contribution in [-0.4, -0.2) is 17.6 Å². The fourth-order valence-electron chi connectivity index (χ4n) is 2.26. The molecule has 2 aromatic rings. The van der Waals surface area contributed by atoms with Crippen LogP contribution in [-0.2, 0) is 24.3 Å². The molecule has 0 unspecified atom stereocenters. The minimum Gasteiger partial charge on any atom is -0.376 e. The summed E-state index contributed by atoms with van der Waals surface area (Å²) in [4.78, 5) is 7.10. The maximum absolute atomic E-state index is 5.80. The van der Waals surface area contributed by atoms with Crippen molar-refractivity contribution >= 4 is 11.3 Å². The molecule has 1 aliphatic rings. The Morgan fingerprint density at radius 1 is 1.38 bits per heavy atom. The normalized spacial score (nSPS) is 14.5. The molecule has 0 amide bonds. The first-order chi connectivity index (χ1) is 10.3. The first-order valence-electron chi connectivity index (χ1n) is 7.60. The number of hydrogen-bond acceptors (Lipinski definition) is 4. The lowest BCUT2D eigenvalue weighted by Gasteiger charge is -2.03. The van der Waals surface area contributed by atoms with E-state index in [0.717, 1.165) is 31.3 Å². The van der Waals surface area contributed by atoms with Crippen molar-refractivity contribution in [2.75, 3.05) is 6.61 Å². The van der Waals surface area contributed by atoms with Gasteiger partial charge in [0.05, 0.1) is 13.2 Å². The molecule has 1 N–H and O–H groups in total. The van der Waals surface area contributed by atoms with E-state index in [1.807, 2.05) is 35.7 Å². The Bertz CT molecular complexity index is 563. The fourth-order valence-corrected chi connectivity index (χ4v) is 3.25. The predicted octanol–water partition coefficient (Wildman–Crippen LogP) is 3.46. The van der Waals surface area contributed by atoms with Crippen LogP contribution in [0.15, 0.2) is 30.5 Å². The molecule has 1 fully saturated rings. The van der Waals surface area contributed by atoms with Crippen molar-refractivity contribution in [2.24, 2.45) is 0 Å². The summed E-state index contributed by atoms with van der Waals surface area (Å²) in [5.41, 5.74) is 2.42. The summed E-state index contributed by atoms with van der Waals surface area (Å²) in [5, 5.41) is 3.56. The lowest BCUT2D eigenvalue weighted by Crippen LogP contribution is -2.14. The number of hydrogen-bond donors (Lipinski definition) is 1. The van der Waals surface area contributed by atoms with Crippen molar-refractivity contribution in [2.45, 2.75) is 45.4 Å². The van der Waals surface area contributed by atoms with Gasteiger partial charge >= 0.3 is 0 Å². The number of nitrogens with zero attached hydrogens (tertiary/aromatic N) is 1. The molecule has 0 saturated heterocycles. The van der Waals surface area contributed by atoms with Crippen LogP contribution in [0.5, 0.6) is 0 Å². The van der Waals surface area contributed by atoms with Crippen molar-refractivity contribution in [3.8, 4) is 0 Å². The largest absolute Gasteiger partial charge is 0.376 e. The zero-order valence-electron chi connectivity index (χ0n) is 12.5. The highest BCUT2D eigenvalue weighted by Crippen LogP contribution is 2.24. The molecule has 1 aliphatic carbocycles. The summed E-state index contributed by atoms with van der Waals surface area (Å²) < 4.78 is 5.80. The van der Waals surface area contributed by atoms with E-state index < -0.39 is 0 Å². The molecule has 1 saturated carbocycles. The van der Waals surface area contributed by atoms with Gasteiger partial charge < -0.3 is 10.1 Å². The number of aryl methyl sites for hydroxylation is 1. The summed E-state index contributed by atoms with van der Waals surface area (Å²) in [6, 6.07) is 9.06. The van der Waals surface area contributed by atoms with Gasteiger partial charge in [-0.1, -0.05) is 6.07 Å². The lowest BCUT2D eigenvalue weighted by molar-refractivity contribution is 0.123. The van der Waals surface area contributed by atoms with Gasteiger partial charge in [0.2, 0.25) is 0 Å². The van der Waals surface area contributed by atoms with Crippen LogP contribution in [0, 0.1) is 6.92 Å². The molecule has 0 spiro atoms. The van der Waals surface area contributed by atoms with Gasteiger partial charge in [-0.15, -0.1) is 11.3 Å². The molecule has 2 heterocycles. The maximum atomic E-state index is 5.80. The van der Waals surface area contributed by atoms with Gasteiger partial charge in [-0.25, -0.2) is 0 Å². The Balaban J connectivity index is 1.41. The number of pyridine rings is 1. The fraction of sp³-hybridized carbons (Fsp3) is 0.471. The molecule has 4 heteroatoms. The first kappa shape index (κ1) is 14.7. The third-order valence-electron chi connectivity index (χ3n) is 3.70. The molecule has 21 heavy (non-hydrogen) atoms. The Morgan fingerprint density at radius 3 is 3.05 bits per heavy atom. The second kappa shape index (κ2) is 7.16. The van der Waals surface area contributed by atoms with Crippen molar-refractivity contribution in [1.82, 2.24) is 10.3 Å². The number of rotatable bonds is 8. The van der Waals surface area contributed by atoms with Gasteiger partial charge in [-0.05, 0) is 43.5 Å². The summed E-state index contributed by atoms with van der Waals surface area (Å²) in [7, 11) is 0. The second-order valence-corrected chi connectivity index (χ2v) is 6.91. The molecule has 0 aliphatic heterocycles. The van der Waals surface area contributed by atoms with Gasteiger partial charge in [0.1, 0.15) is 0 Å². The van der Waals surface area contributed by atoms with Crippen LogP contribution in [0.1, 0.15) is 33.9 Å². The SMILES string of the molecule is Cc1sc(CNC2CC2)cc1COCCc1ccccn1. The van der Waals surface area contributed by atoms with Crippen LogP contribution < -0.4 is 5.32 Å². The van der Waals surface area contributed by atoms with Crippen molar-refractivity contribution in [3.63, 3.8) is 0 Å². The summed E-state index contributed by atoms with van der Waals surface area (Å²) >= 11 is 1.88. The molecule has 3 rings (SSSR count). The smallest absolute Gasteiger partial charge is 0.0727 e. The average Bonchev–Trinajstić information content (AvgIpc) is 3.27. The van der Waals surface area contributed by atoms with E-state index in [-0.39, 0.29) is 0 Å². The van der Waals surface area contributed by atoms with Crippen LogP contribution in [0.3, 0.4) is 0 Å². The van der Waals surface area contributed by atoms with E-state index in [4.69, 9.17) is 4.74 Å². The molecule has 0 atom stereocenters. The number of thiophene rings is 1. The Hall–Kier alpha value is -1.23. The first-order valence-corrected chi connectivity index (χ1v) is 8.42.